The number of hydrogen-bond donors (Lipinski definition) is 2. The molecule has 1 amide bonds. The molecule has 1 aromatic heterocycles. The maximum atomic E-state index is 13.9. The third kappa shape index (κ3) is 4.56. The first-order valence-corrected chi connectivity index (χ1v) is 9.47. The lowest BCUT2D eigenvalue weighted by Crippen LogP contribution is -2.34. The maximum absolute atomic E-state index is 13.9. The van der Waals surface area contributed by atoms with E-state index >= 15 is 0 Å². The van der Waals surface area contributed by atoms with Crippen molar-refractivity contribution in [2.24, 2.45) is 5.41 Å². The Bertz CT molecular complexity index is 1130. The van der Waals surface area contributed by atoms with Gasteiger partial charge in [-0.15, -0.1) is 5.10 Å². The second-order valence-electron chi connectivity index (χ2n) is 7.87. The number of H-pyrrole nitrogens is 1. The first-order valence-electron chi connectivity index (χ1n) is 9.09. The van der Waals surface area contributed by atoms with Gasteiger partial charge < -0.3 is 5.32 Å². The molecule has 0 saturated heterocycles. The average Bonchev–Trinajstić information content (AvgIpc) is 3.03. The Kier molecular flexibility index (Phi) is 5.61. The first-order chi connectivity index (χ1) is 13.6. The van der Waals surface area contributed by atoms with Crippen LogP contribution < -0.4 is 11.0 Å². The van der Waals surface area contributed by atoms with Gasteiger partial charge in [0, 0.05) is 17.5 Å². The molecule has 0 bridgehead atoms. The third-order valence-electron chi connectivity index (χ3n) is 4.44. The number of benzene rings is 2. The lowest BCUT2D eigenvalue weighted by Gasteiger charge is -2.17. The molecule has 0 aliphatic carbocycles. The van der Waals surface area contributed by atoms with Gasteiger partial charge in [0.25, 0.3) is 0 Å². The van der Waals surface area contributed by atoms with Crippen LogP contribution in [-0.4, -0.2) is 20.7 Å². The van der Waals surface area contributed by atoms with Gasteiger partial charge in [0.1, 0.15) is 5.82 Å². The van der Waals surface area contributed by atoms with E-state index in [9.17, 15) is 14.0 Å². The van der Waals surface area contributed by atoms with Gasteiger partial charge in [-0.1, -0.05) is 50.6 Å². The fourth-order valence-corrected chi connectivity index (χ4v) is 2.83. The number of carbonyl (C=O) groups is 1. The van der Waals surface area contributed by atoms with Gasteiger partial charge in [-0.25, -0.2) is 9.18 Å². The molecule has 152 valence electrons. The molecule has 0 aliphatic heterocycles. The summed E-state index contributed by atoms with van der Waals surface area (Å²) in [5, 5.41) is 7.45. The van der Waals surface area contributed by atoms with Crippen LogP contribution in [0.5, 0.6) is 0 Å². The number of hydrogen-bond acceptors (Lipinski definition) is 3. The van der Waals surface area contributed by atoms with Crippen molar-refractivity contribution in [1.29, 1.82) is 0 Å². The molecule has 0 fully saturated rings. The van der Waals surface area contributed by atoms with Crippen LogP contribution in [0.4, 0.5) is 4.39 Å². The number of nitrogens with zero attached hydrogens (tertiary/aromatic N) is 2. The zero-order valence-electron chi connectivity index (χ0n) is 16.6. The minimum absolute atomic E-state index is 0.0883. The number of nitrogens with one attached hydrogen (secondary N) is 2. The highest BCUT2D eigenvalue weighted by atomic mass is 35.5. The first kappa shape index (κ1) is 20.8. The zero-order chi connectivity index (χ0) is 21.3. The lowest BCUT2D eigenvalue weighted by molar-refractivity contribution is -0.128. The second kappa shape index (κ2) is 7.83. The normalized spacial score (nSPS) is 11.5. The summed E-state index contributed by atoms with van der Waals surface area (Å²) in [7, 11) is 0. The molecule has 29 heavy (non-hydrogen) atoms. The van der Waals surface area contributed by atoms with E-state index in [0.717, 1.165) is 10.2 Å². The molecule has 1 heterocycles. The quantitative estimate of drug-likeness (QED) is 0.674. The monoisotopic (exact) mass is 416 g/mol. The molecular weight excluding hydrogens is 395 g/mol. The van der Waals surface area contributed by atoms with Crippen LogP contribution in [0.3, 0.4) is 0 Å². The highest BCUT2D eigenvalue weighted by Gasteiger charge is 2.21. The maximum Gasteiger partial charge on any atom is 0.348 e. The van der Waals surface area contributed by atoms with E-state index in [1.807, 2.05) is 20.8 Å². The minimum Gasteiger partial charge on any atom is -0.352 e. The Balaban J connectivity index is 1.92. The third-order valence-corrected chi connectivity index (χ3v) is 4.76. The molecule has 0 unspecified atom stereocenters. The van der Waals surface area contributed by atoms with Crippen molar-refractivity contribution in [3.05, 3.63) is 68.8 Å². The largest absolute Gasteiger partial charge is 0.352 e. The van der Waals surface area contributed by atoms with E-state index in [-0.39, 0.29) is 24.1 Å². The number of aryl methyl sites for hydroxylation is 1. The van der Waals surface area contributed by atoms with Gasteiger partial charge in [-0.3, -0.25) is 9.78 Å². The van der Waals surface area contributed by atoms with Crippen molar-refractivity contribution in [2.75, 3.05) is 0 Å². The Morgan fingerprint density at radius 3 is 2.62 bits per heavy atom. The van der Waals surface area contributed by atoms with Crippen LogP contribution in [0.25, 0.3) is 17.1 Å². The standard InChI is InChI=1S/C21H22ClFN4O2/c1-12-5-7-14(10-16(12)23)18-25-20(29)27(26-18)17-9-13(6-8-15(17)22)11-24-19(28)21(2,3)4/h5-10H,11H2,1-4H3,(H,24,28)(H,25,26,29). The summed E-state index contributed by atoms with van der Waals surface area (Å²) in [6.07, 6.45) is 0. The molecule has 3 aromatic rings. The van der Waals surface area contributed by atoms with Gasteiger partial charge in [-0.05, 0) is 36.2 Å². The highest BCUT2D eigenvalue weighted by Crippen LogP contribution is 2.23. The summed E-state index contributed by atoms with van der Waals surface area (Å²) in [5.41, 5.74) is 1.08. The summed E-state index contributed by atoms with van der Waals surface area (Å²) >= 11 is 6.28. The van der Waals surface area contributed by atoms with Gasteiger partial charge >= 0.3 is 5.69 Å². The zero-order valence-corrected chi connectivity index (χ0v) is 17.4. The number of amides is 1. The second-order valence-corrected chi connectivity index (χ2v) is 8.28. The van der Waals surface area contributed by atoms with Crippen molar-refractivity contribution < 1.29 is 9.18 Å². The number of aromatic nitrogens is 3. The van der Waals surface area contributed by atoms with Crippen LogP contribution in [0, 0.1) is 18.2 Å². The van der Waals surface area contributed by atoms with Gasteiger partial charge in [-0.2, -0.15) is 4.68 Å². The summed E-state index contributed by atoms with van der Waals surface area (Å²) in [4.78, 5) is 27.2. The van der Waals surface area contributed by atoms with Crippen molar-refractivity contribution in [3.63, 3.8) is 0 Å². The molecule has 0 atom stereocenters. The summed E-state index contributed by atoms with van der Waals surface area (Å²) in [6, 6.07) is 9.71. The SMILES string of the molecule is Cc1ccc(-c2nn(-c3cc(CNC(=O)C(C)(C)C)ccc3Cl)c(=O)[nH]2)cc1F. The number of carbonyl (C=O) groups excluding carboxylic acids is 1. The predicted molar refractivity (Wildman–Crippen MR) is 111 cm³/mol. The topological polar surface area (TPSA) is 79.8 Å². The van der Waals surface area contributed by atoms with Crippen molar-refractivity contribution in [1.82, 2.24) is 20.1 Å². The van der Waals surface area contributed by atoms with Crippen LogP contribution in [-0.2, 0) is 11.3 Å². The van der Waals surface area contributed by atoms with Crippen LogP contribution in [0.15, 0.2) is 41.2 Å². The fourth-order valence-electron chi connectivity index (χ4n) is 2.64. The van der Waals surface area contributed by atoms with Gasteiger partial charge in [0.2, 0.25) is 5.91 Å². The van der Waals surface area contributed by atoms with E-state index < -0.39 is 11.1 Å². The molecule has 2 aromatic carbocycles. The van der Waals surface area contributed by atoms with E-state index in [2.05, 4.69) is 15.4 Å². The predicted octanol–water partition coefficient (Wildman–Crippen LogP) is 3.99. The molecule has 8 heteroatoms. The van der Waals surface area contributed by atoms with E-state index in [1.54, 1.807) is 37.3 Å². The van der Waals surface area contributed by atoms with Gasteiger partial charge in [0.15, 0.2) is 5.82 Å². The average molecular weight is 417 g/mol. The minimum atomic E-state index is -0.507. The molecule has 6 nitrogen and oxygen atoms in total. The summed E-state index contributed by atoms with van der Waals surface area (Å²) in [6.45, 7) is 7.43. The van der Waals surface area contributed by atoms with Gasteiger partial charge in [0.05, 0.1) is 10.7 Å². The Labute approximate surface area is 172 Å². The molecule has 3 rings (SSSR count). The van der Waals surface area contributed by atoms with E-state index in [1.165, 1.54) is 6.07 Å². The Morgan fingerprint density at radius 2 is 1.97 bits per heavy atom. The molecule has 0 aliphatic rings. The van der Waals surface area contributed by atoms with Crippen molar-refractivity contribution in [3.8, 4) is 17.1 Å². The summed E-state index contributed by atoms with van der Waals surface area (Å²) < 4.78 is 15.0. The molecule has 2 N–H and O–H groups in total. The van der Waals surface area contributed by atoms with Crippen molar-refractivity contribution in [2.45, 2.75) is 34.2 Å². The number of aromatic amines is 1. The van der Waals surface area contributed by atoms with Crippen LogP contribution in [0.1, 0.15) is 31.9 Å². The number of rotatable bonds is 4. The Hall–Kier alpha value is -2.93. The smallest absolute Gasteiger partial charge is 0.348 e. The number of halogens is 2. The van der Waals surface area contributed by atoms with Crippen LogP contribution >= 0.6 is 11.6 Å². The lowest BCUT2D eigenvalue weighted by atomic mass is 9.95. The summed E-state index contributed by atoms with van der Waals surface area (Å²) in [5.74, 6) is -0.237. The van der Waals surface area contributed by atoms with Crippen LogP contribution in [0.2, 0.25) is 5.02 Å². The molecule has 0 spiro atoms. The fraction of sp³-hybridized carbons (Fsp3) is 0.286. The molecule has 0 radical (unpaired) electrons. The highest BCUT2D eigenvalue weighted by molar-refractivity contribution is 6.32. The van der Waals surface area contributed by atoms with E-state index in [0.29, 0.717) is 21.8 Å². The van der Waals surface area contributed by atoms with Crippen molar-refractivity contribution >= 4 is 17.5 Å². The van der Waals surface area contributed by atoms with E-state index in [4.69, 9.17) is 11.6 Å². The molecule has 0 saturated carbocycles. The molecular formula is C21H22ClFN4O2. The Morgan fingerprint density at radius 1 is 1.24 bits per heavy atom.